The van der Waals surface area contributed by atoms with Crippen LogP contribution in [0.25, 0.3) is 0 Å². The van der Waals surface area contributed by atoms with Crippen molar-refractivity contribution in [3.63, 3.8) is 0 Å². The molecule has 0 rings (SSSR count). The van der Waals surface area contributed by atoms with Crippen LogP contribution in [-0.2, 0) is 0 Å². The van der Waals surface area contributed by atoms with Gasteiger partial charge in [0.15, 0.2) is 0 Å². The Labute approximate surface area is 133 Å². The van der Waals surface area contributed by atoms with Gasteiger partial charge in [0.25, 0.3) is 0 Å². The Morgan fingerprint density at radius 2 is 1.05 bits per heavy atom. The normalized spacial score (nSPS) is 13.8. The van der Waals surface area contributed by atoms with Gasteiger partial charge in [-0.05, 0) is 25.7 Å². The van der Waals surface area contributed by atoms with Crippen LogP contribution in [0.4, 0.5) is 0 Å². The SMILES string of the molecule is CCCCCCC[N+](C)(CCCO)CCCCCC.[Cl-]. The molecule has 1 N–H and O–H groups in total. The number of hydrogen-bond donors (Lipinski definition) is 1. The molecule has 20 heavy (non-hydrogen) atoms. The van der Waals surface area contributed by atoms with Crippen molar-refractivity contribution in [2.45, 2.75) is 78.1 Å². The van der Waals surface area contributed by atoms with Gasteiger partial charge in [-0.1, -0.05) is 46.0 Å². The minimum absolute atomic E-state index is 0. The molecule has 0 aromatic heterocycles. The molecule has 3 heteroatoms. The highest BCUT2D eigenvalue weighted by Crippen LogP contribution is 2.13. The van der Waals surface area contributed by atoms with Crippen molar-refractivity contribution in [3.05, 3.63) is 0 Å². The Hall–Kier alpha value is 0.210. The fraction of sp³-hybridized carbons (Fsp3) is 1.00. The number of unbranched alkanes of at least 4 members (excludes halogenated alkanes) is 7. The van der Waals surface area contributed by atoms with E-state index in [9.17, 15) is 0 Å². The maximum Gasteiger partial charge on any atom is 0.0806 e. The number of nitrogens with zero attached hydrogens (tertiary/aromatic N) is 1. The average molecular weight is 308 g/mol. The van der Waals surface area contributed by atoms with Gasteiger partial charge in [0.05, 0.1) is 26.7 Å². The van der Waals surface area contributed by atoms with E-state index in [1.807, 2.05) is 0 Å². The van der Waals surface area contributed by atoms with E-state index in [0.29, 0.717) is 6.61 Å². The zero-order chi connectivity index (χ0) is 14.4. The van der Waals surface area contributed by atoms with E-state index in [-0.39, 0.29) is 12.4 Å². The zero-order valence-corrected chi connectivity index (χ0v) is 14.9. The lowest BCUT2D eigenvalue weighted by atomic mass is 10.1. The molecule has 0 aliphatic heterocycles. The Balaban J connectivity index is 0. The number of rotatable bonds is 14. The van der Waals surface area contributed by atoms with Crippen molar-refractivity contribution >= 4 is 0 Å². The number of hydrogen-bond acceptors (Lipinski definition) is 1. The van der Waals surface area contributed by atoms with E-state index in [1.54, 1.807) is 0 Å². The first-order valence-electron chi connectivity index (χ1n) is 8.63. The van der Waals surface area contributed by atoms with Crippen LogP contribution >= 0.6 is 0 Å². The molecule has 0 heterocycles. The van der Waals surface area contributed by atoms with Crippen LogP contribution in [0.1, 0.15) is 78.1 Å². The van der Waals surface area contributed by atoms with Gasteiger partial charge >= 0.3 is 0 Å². The molecule has 0 aromatic rings. The third-order valence-electron chi connectivity index (χ3n) is 4.21. The molecule has 1 unspecified atom stereocenters. The zero-order valence-electron chi connectivity index (χ0n) is 14.2. The first-order chi connectivity index (χ1) is 9.18. The van der Waals surface area contributed by atoms with E-state index >= 15 is 0 Å². The minimum Gasteiger partial charge on any atom is -1.00 e. The molecule has 0 aliphatic carbocycles. The molecule has 0 radical (unpaired) electrons. The van der Waals surface area contributed by atoms with Crippen molar-refractivity contribution in [2.24, 2.45) is 0 Å². The number of aliphatic hydroxyl groups excluding tert-OH is 1. The topological polar surface area (TPSA) is 20.2 Å². The molecule has 0 aromatic carbocycles. The monoisotopic (exact) mass is 307 g/mol. The van der Waals surface area contributed by atoms with E-state index in [1.165, 1.54) is 75.4 Å². The third kappa shape index (κ3) is 13.2. The van der Waals surface area contributed by atoms with Crippen LogP contribution in [0.5, 0.6) is 0 Å². The van der Waals surface area contributed by atoms with Gasteiger partial charge in [-0.15, -0.1) is 0 Å². The second-order valence-corrected chi connectivity index (χ2v) is 6.34. The molecule has 0 amide bonds. The highest BCUT2D eigenvalue weighted by molar-refractivity contribution is 4.48. The van der Waals surface area contributed by atoms with Gasteiger partial charge in [0.1, 0.15) is 0 Å². The molecular weight excluding hydrogens is 270 g/mol. The summed E-state index contributed by atoms with van der Waals surface area (Å²) in [6.45, 7) is 8.64. The molecule has 124 valence electrons. The highest BCUT2D eigenvalue weighted by atomic mass is 35.5. The fourth-order valence-electron chi connectivity index (χ4n) is 2.81. The Morgan fingerprint density at radius 3 is 1.50 bits per heavy atom. The summed E-state index contributed by atoms with van der Waals surface area (Å²) in [5, 5.41) is 9.07. The summed E-state index contributed by atoms with van der Waals surface area (Å²) in [5.41, 5.74) is 0. The van der Waals surface area contributed by atoms with Crippen molar-refractivity contribution in [3.8, 4) is 0 Å². The predicted octanol–water partition coefficient (Wildman–Crippen LogP) is 1.37. The molecule has 0 saturated carbocycles. The number of halogens is 1. The van der Waals surface area contributed by atoms with Crippen molar-refractivity contribution in [1.29, 1.82) is 0 Å². The van der Waals surface area contributed by atoms with E-state index in [4.69, 9.17) is 5.11 Å². The van der Waals surface area contributed by atoms with Gasteiger partial charge in [0, 0.05) is 13.0 Å². The molecular formula is C17H38ClNO. The number of quaternary nitrogens is 1. The third-order valence-corrected chi connectivity index (χ3v) is 4.21. The lowest BCUT2D eigenvalue weighted by molar-refractivity contribution is -0.910. The van der Waals surface area contributed by atoms with Gasteiger partial charge in [-0.3, -0.25) is 0 Å². The summed E-state index contributed by atoms with van der Waals surface area (Å²) in [5.74, 6) is 0. The minimum atomic E-state index is 0. The average Bonchev–Trinajstić information content (AvgIpc) is 2.41. The smallest absolute Gasteiger partial charge is 0.0806 e. The lowest BCUT2D eigenvalue weighted by Gasteiger charge is -2.35. The van der Waals surface area contributed by atoms with Crippen LogP contribution < -0.4 is 12.4 Å². The van der Waals surface area contributed by atoms with Crippen LogP contribution in [0.2, 0.25) is 0 Å². The summed E-state index contributed by atoms with van der Waals surface area (Å²) >= 11 is 0. The highest BCUT2D eigenvalue weighted by Gasteiger charge is 2.19. The van der Waals surface area contributed by atoms with Crippen molar-refractivity contribution in [1.82, 2.24) is 0 Å². The second kappa shape index (κ2) is 15.6. The molecule has 0 aliphatic rings. The maximum absolute atomic E-state index is 9.07. The van der Waals surface area contributed by atoms with Crippen molar-refractivity contribution in [2.75, 3.05) is 33.3 Å². The van der Waals surface area contributed by atoms with E-state index in [2.05, 4.69) is 20.9 Å². The first kappa shape index (κ1) is 22.5. The summed E-state index contributed by atoms with van der Waals surface area (Å²) in [6, 6.07) is 0. The second-order valence-electron chi connectivity index (χ2n) is 6.34. The molecule has 0 bridgehead atoms. The van der Waals surface area contributed by atoms with Crippen molar-refractivity contribution < 1.29 is 22.0 Å². The summed E-state index contributed by atoms with van der Waals surface area (Å²) < 4.78 is 1.18. The van der Waals surface area contributed by atoms with Gasteiger partial charge in [-0.2, -0.15) is 0 Å². The summed E-state index contributed by atoms with van der Waals surface area (Å²) in [4.78, 5) is 0. The quantitative estimate of drug-likeness (QED) is 0.380. The molecule has 2 nitrogen and oxygen atoms in total. The molecule has 1 atom stereocenters. The Morgan fingerprint density at radius 1 is 0.650 bits per heavy atom. The molecule has 0 spiro atoms. The Bertz CT molecular complexity index is 190. The summed E-state index contributed by atoms with van der Waals surface area (Å²) in [7, 11) is 2.39. The van der Waals surface area contributed by atoms with Crippen LogP contribution in [-0.4, -0.2) is 42.9 Å². The van der Waals surface area contributed by atoms with Gasteiger partial charge < -0.3 is 22.0 Å². The standard InChI is InChI=1S/C17H38NO.ClH/c1-4-6-8-10-12-15-18(3,16-13-17-19)14-11-9-7-5-2;/h19H,4-17H2,1-3H3;1H/q+1;/p-1. The van der Waals surface area contributed by atoms with Crippen LogP contribution in [0.15, 0.2) is 0 Å². The number of aliphatic hydroxyl groups is 1. The van der Waals surface area contributed by atoms with E-state index in [0.717, 1.165) is 13.0 Å². The van der Waals surface area contributed by atoms with Crippen LogP contribution in [0.3, 0.4) is 0 Å². The lowest BCUT2D eigenvalue weighted by Crippen LogP contribution is -3.00. The Kier molecular flexibility index (Phi) is 17.5. The largest absolute Gasteiger partial charge is 1.00 e. The fourth-order valence-corrected chi connectivity index (χ4v) is 2.81. The first-order valence-corrected chi connectivity index (χ1v) is 8.63. The van der Waals surface area contributed by atoms with E-state index < -0.39 is 0 Å². The molecule has 0 saturated heterocycles. The molecule has 0 fully saturated rings. The predicted molar refractivity (Wildman–Crippen MR) is 85.4 cm³/mol. The maximum atomic E-state index is 9.07. The van der Waals surface area contributed by atoms with Gasteiger partial charge in [0.2, 0.25) is 0 Å². The van der Waals surface area contributed by atoms with Crippen LogP contribution in [0, 0.1) is 0 Å². The summed E-state index contributed by atoms with van der Waals surface area (Å²) in [6.07, 6.45) is 13.2. The van der Waals surface area contributed by atoms with Gasteiger partial charge in [-0.25, -0.2) is 0 Å².